The van der Waals surface area contributed by atoms with Crippen LogP contribution in [0.2, 0.25) is 0 Å². The number of nitrogens with zero attached hydrogens (tertiary/aromatic N) is 2. The second kappa shape index (κ2) is 6.19. The molecule has 1 heterocycles. The summed E-state index contributed by atoms with van der Waals surface area (Å²) in [4.78, 5) is 4.01. The van der Waals surface area contributed by atoms with E-state index in [0.717, 1.165) is 22.6 Å². The second-order valence-corrected chi connectivity index (χ2v) is 5.53. The van der Waals surface area contributed by atoms with Crippen LogP contribution in [0, 0.1) is 5.92 Å². The van der Waals surface area contributed by atoms with Gasteiger partial charge in [0.25, 0.3) is 0 Å². The number of nitrogens with one attached hydrogen (secondary N) is 1. The normalized spacial score (nSPS) is 11.1. The van der Waals surface area contributed by atoms with E-state index in [9.17, 15) is 0 Å². The molecule has 0 bridgehead atoms. The van der Waals surface area contributed by atoms with Crippen LogP contribution in [0.15, 0.2) is 5.16 Å². The van der Waals surface area contributed by atoms with E-state index in [2.05, 4.69) is 29.0 Å². The van der Waals surface area contributed by atoms with Crippen molar-refractivity contribution in [3.8, 4) is 0 Å². The van der Waals surface area contributed by atoms with Crippen molar-refractivity contribution in [3.63, 3.8) is 0 Å². The maximum Gasteiger partial charge on any atom is 0.216 e. The molecule has 6 heteroatoms. The third-order valence-electron chi connectivity index (χ3n) is 1.39. The quantitative estimate of drug-likeness (QED) is 0.579. The Labute approximate surface area is 92.8 Å². The molecule has 1 aromatic rings. The summed E-state index contributed by atoms with van der Waals surface area (Å²) in [5.41, 5.74) is 5.40. The number of hydrogen-bond donors (Lipinski definition) is 2. The third kappa shape index (κ3) is 4.76. The van der Waals surface area contributed by atoms with Gasteiger partial charge in [-0.05, 0) is 11.7 Å². The average Bonchev–Trinajstić information content (AvgIpc) is 2.50. The molecule has 0 atom stereocenters. The van der Waals surface area contributed by atoms with Gasteiger partial charge < -0.3 is 5.73 Å². The maximum atomic E-state index is 5.40. The molecule has 0 saturated carbocycles. The number of anilines is 1. The SMILES string of the molecule is CC(C)CSCCSc1n[nH]c(N)n1. The van der Waals surface area contributed by atoms with Crippen LogP contribution in [0.4, 0.5) is 5.95 Å². The molecule has 80 valence electrons. The topological polar surface area (TPSA) is 67.6 Å². The van der Waals surface area contributed by atoms with E-state index in [4.69, 9.17) is 5.73 Å². The minimum Gasteiger partial charge on any atom is -0.368 e. The number of rotatable bonds is 6. The molecule has 0 saturated heterocycles. The molecule has 0 aliphatic rings. The van der Waals surface area contributed by atoms with E-state index in [1.54, 1.807) is 11.8 Å². The van der Waals surface area contributed by atoms with Crippen LogP contribution >= 0.6 is 23.5 Å². The standard InChI is InChI=1S/C8H16N4S2/c1-6(2)5-13-3-4-14-8-10-7(9)11-12-8/h6H,3-5H2,1-2H3,(H3,9,10,11,12). The summed E-state index contributed by atoms with van der Waals surface area (Å²) in [7, 11) is 0. The number of thioether (sulfide) groups is 2. The molecule has 4 nitrogen and oxygen atoms in total. The Bertz CT molecular complexity index is 262. The number of aromatic amines is 1. The van der Waals surface area contributed by atoms with Crippen molar-refractivity contribution in [3.05, 3.63) is 0 Å². The highest BCUT2D eigenvalue weighted by molar-refractivity contribution is 8.02. The van der Waals surface area contributed by atoms with Gasteiger partial charge in [-0.2, -0.15) is 16.7 Å². The average molecular weight is 232 g/mol. The first kappa shape index (κ1) is 11.7. The van der Waals surface area contributed by atoms with Crippen molar-refractivity contribution in [1.29, 1.82) is 0 Å². The van der Waals surface area contributed by atoms with Crippen LogP contribution in [-0.4, -0.2) is 32.4 Å². The van der Waals surface area contributed by atoms with Gasteiger partial charge >= 0.3 is 0 Å². The van der Waals surface area contributed by atoms with Gasteiger partial charge in [0.15, 0.2) is 0 Å². The highest BCUT2D eigenvalue weighted by atomic mass is 32.2. The molecular formula is C8H16N4S2. The fraction of sp³-hybridized carbons (Fsp3) is 0.750. The van der Waals surface area contributed by atoms with Crippen LogP contribution in [0.1, 0.15) is 13.8 Å². The van der Waals surface area contributed by atoms with Crippen molar-refractivity contribution < 1.29 is 0 Å². The van der Waals surface area contributed by atoms with Crippen LogP contribution in [0.3, 0.4) is 0 Å². The van der Waals surface area contributed by atoms with Gasteiger partial charge in [-0.15, -0.1) is 5.10 Å². The van der Waals surface area contributed by atoms with E-state index in [-0.39, 0.29) is 0 Å². The highest BCUT2D eigenvalue weighted by Gasteiger charge is 2.00. The molecule has 3 N–H and O–H groups in total. The summed E-state index contributed by atoms with van der Waals surface area (Å²) in [5.74, 6) is 4.55. The lowest BCUT2D eigenvalue weighted by atomic mass is 10.3. The van der Waals surface area contributed by atoms with Crippen molar-refractivity contribution in [1.82, 2.24) is 15.2 Å². The smallest absolute Gasteiger partial charge is 0.216 e. The monoisotopic (exact) mass is 232 g/mol. The van der Waals surface area contributed by atoms with Crippen molar-refractivity contribution in [2.24, 2.45) is 5.92 Å². The molecule has 0 spiro atoms. The van der Waals surface area contributed by atoms with Gasteiger partial charge in [0.05, 0.1) is 0 Å². The number of nitrogen functional groups attached to an aromatic ring is 1. The molecule has 14 heavy (non-hydrogen) atoms. The summed E-state index contributed by atoms with van der Waals surface area (Å²) in [6.07, 6.45) is 0. The van der Waals surface area contributed by atoms with Gasteiger partial charge in [-0.3, -0.25) is 0 Å². The summed E-state index contributed by atoms with van der Waals surface area (Å²) >= 11 is 3.61. The Balaban J connectivity index is 2.04. The molecule has 0 unspecified atom stereocenters. The summed E-state index contributed by atoms with van der Waals surface area (Å²) in [6, 6.07) is 0. The zero-order chi connectivity index (χ0) is 10.4. The predicted octanol–water partition coefficient (Wildman–Crippen LogP) is 1.87. The number of H-pyrrole nitrogens is 1. The van der Waals surface area contributed by atoms with Crippen LogP contribution in [0.5, 0.6) is 0 Å². The van der Waals surface area contributed by atoms with Crippen molar-refractivity contribution >= 4 is 29.5 Å². The lowest BCUT2D eigenvalue weighted by molar-refractivity contribution is 0.750. The van der Waals surface area contributed by atoms with Gasteiger partial charge in [0.2, 0.25) is 11.1 Å². The van der Waals surface area contributed by atoms with Crippen LogP contribution in [-0.2, 0) is 0 Å². The lowest BCUT2D eigenvalue weighted by Crippen LogP contribution is -1.94. The van der Waals surface area contributed by atoms with Crippen LogP contribution < -0.4 is 5.73 Å². The Morgan fingerprint density at radius 1 is 1.43 bits per heavy atom. The number of nitrogens with two attached hydrogens (primary N) is 1. The Hall–Kier alpha value is -0.360. The number of aromatic nitrogens is 3. The Morgan fingerprint density at radius 3 is 2.79 bits per heavy atom. The molecule has 1 aromatic heterocycles. The molecule has 1 rings (SSSR count). The van der Waals surface area contributed by atoms with E-state index < -0.39 is 0 Å². The van der Waals surface area contributed by atoms with Gasteiger partial charge in [0.1, 0.15) is 0 Å². The zero-order valence-electron chi connectivity index (χ0n) is 8.49. The molecular weight excluding hydrogens is 216 g/mol. The highest BCUT2D eigenvalue weighted by Crippen LogP contribution is 2.16. The van der Waals surface area contributed by atoms with E-state index in [1.807, 2.05) is 11.8 Å². The molecule has 0 amide bonds. The first-order valence-electron chi connectivity index (χ1n) is 4.57. The third-order valence-corrected chi connectivity index (χ3v) is 3.89. The molecule has 0 radical (unpaired) electrons. The van der Waals surface area contributed by atoms with Gasteiger partial charge in [0, 0.05) is 11.5 Å². The predicted molar refractivity (Wildman–Crippen MR) is 63.7 cm³/mol. The fourth-order valence-electron chi connectivity index (χ4n) is 0.834. The molecule has 0 aliphatic heterocycles. The maximum absolute atomic E-state index is 5.40. The summed E-state index contributed by atoms with van der Waals surface area (Å²) < 4.78 is 0. The molecule has 0 aromatic carbocycles. The summed E-state index contributed by atoms with van der Waals surface area (Å²) in [5, 5.41) is 7.30. The second-order valence-electron chi connectivity index (χ2n) is 3.32. The van der Waals surface area contributed by atoms with Gasteiger partial charge in [-0.25, -0.2) is 5.10 Å². The fourth-order valence-corrected chi connectivity index (χ4v) is 2.73. The lowest BCUT2D eigenvalue weighted by Gasteiger charge is -2.02. The Morgan fingerprint density at radius 2 is 2.21 bits per heavy atom. The molecule has 0 fully saturated rings. The molecule has 0 aliphatic carbocycles. The number of hydrogen-bond acceptors (Lipinski definition) is 5. The largest absolute Gasteiger partial charge is 0.368 e. The minimum atomic E-state index is 0.391. The zero-order valence-corrected chi connectivity index (χ0v) is 10.1. The summed E-state index contributed by atoms with van der Waals surface area (Å²) in [6.45, 7) is 4.46. The van der Waals surface area contributed by atoms with E-state index >= 15 is 0 Å². The van der Waals surface area contributed by atoms with E-state index in [0.29, 0.717) is 5.95 Å². The van der Waals surface area contributed by atoms with E-state index in [1.165, 1.54) is 5.75 Å². The van der Waals surface area contributed by atoms with Crippen LogP contribution in [0.25, 0.3) is 0 Å². The first-order chi connectivity index (χ1) is 6.68. The Kier molecular flexibility index (Phi) is 5.17. The van der Waals surface area contributed by atoms with Crippen molar-refractivity contribution in [2.75, 3.05) is 23.0 Å². The van der Waals surface area contributed by atoms with Gasteiger partial charge in [-0.1, -0.05) is 25.6 Å². The van der Waals surface area contributed by atoms with Crippen molar-refractivity contribution in [2.45, 2.75) is 19.0 Å². The minimum absolute atomic E-state index is 0.391. The first-order valence-corrected chi connectivity index (χ1v) is 6.71.